The molecular weight excluding hydrogens is 436 g/mol. The van der Waals surface area contributed by atoms with Gasteiger partial charge in [0.2, 0.25) is 0 Å². The summed E-state index contributed by atoms with van der Waals surface area (Å²) in [7, 11) is 0. The Morgan fingerprint density at radius 2 is 1.82 bits per heavy atom. The molecule has 1 N–H and O–H groups in total. The number of anilines is 1. The molecule has 0 bridgehead atoms. The zero-order chi connectivity index (χ0) is 22.5. The number of oxazole rings is 1. The van der Waals surface area contributed by atoms with E-state index in [1.165, 1.54) is 0 Å². The van der Waals surface area contributed by atoms with E-state index in [2.05, 4.69) is 20.2 Å². The van der Waals surface area contributed by atoms with Gasteiger partial charge in [-0.2, -0.15) is 4.98 Å². The number of benzene rings is 2. The number of likely N-dealkylation sites (tertiary alicyclic amines) is 1. The molecule has 0 spiro atoms. The van der Waals surface area contributed by atoms with E-state index in [4.69, 9.17) is 20.8 Å². The third-order valence-corrected chi connectivity index (χ3v) is 6.24. The third kappa shape index (κ3) is 5.53. The minimum atomic E-state index is -0.194. The first-order chi connectivity index (χ1) is 16.2. The molecular formula is C26H27ClN4O2. The van der Waals surface area contributed by atoms with E-state index in [1.54, 1.807) is 0 Å². The number of nitrogens with zero attached hydrogens (tertiary/aromatic N) is 3. The summed E-state index contributed by atoms with van der Waals surface area (Å²) in [4.78, 5) is 11.5. The second-order valence-corrected chi connectivity index (χ2v) is 8.71. The number of pyridine rings is 1. The van der Waals surface area contributed by atoms with E-state index in [1.807, 2.05) is 72.9 Å². The van der Waals surface area contributed by atoms with E-state index >= 15 is 0 Å². The molecule has 6 nitrogen and oxygen atoms in total. The van der Waals surface area contributed by atoms with E-state index in [0.717, 1.165) is 66.4 Å². The number of halogens is 1. The van der Waals surface area contributed by atoms with Gasteiger partial charge >= 0.3 is 0 Å². The van der Waals surface area contributed by atoms with E-state index in [9.17, 15) is 0 Å². The summed E-state index contributed by atoms with van der Waals surface area (Å²) >= 11 is 6.09. The highest BCUT2D eigenvalue weighted by atomic mass is 35.5. The SMILES string of the molecule is Clc1ccc(C(OC2CCN(CCNc3nc4ccccc4o3)CC2)c2ccccn2)cc1. The number of hydrogen-bond acceptors (Lipinski definition) is 6. The van der Waals surface area contributed by atoms with Crippen LogP contribution in [0.5, 0.6) is 0 Å². The number of para-hydroxylation sites is 2. The van der Waals surface area contributed by atoms with Crippen molar-refractivity contribution in [3.63, 3.8) is 0 Å². The van der Waals surface area contributed by atoms with Gasteiger partial charge in [0.1, 0.15) is 11.6 Å². The van der Waals surface area contributed by atoms with Crippen molar-refractivity contribution < 1.29 is 9.15 Å². The lowest BCUT2D eigenvalue weighted by atomic mass is 10.0. The van der Waals surface area contributed by atoms with Crippen LogP contribution in [-0.2, 0) is 4.74 Å². The number of fused-ring (bicyclic) bond motifs is 1. The fourth-order valence-electron chi connectivity index (χ4n) is 4.22. The standard InChI is InChI=1S/C26H27ClN4O2/c27-20-10-8-19(9-11-20)25(23-6-3-4-14-28-23)32-21-12-16-31(17-13-21)18-15-29-26-30-22-5-1-2-7-24(22)33-26/h1-11,14,21,25H,12-13,15-18H2,(H,29,30). The molecule has 33 heavy (non-hydrogen) atoms. The van der Waals surface area contributed by atoms with Crippen LogP contribution in [0.2, 0.25) is 5.02 Å². The van der Waals surface area contributed by atoms with Crippen molar-refractivity contribution in [2.45, 2.75) is 25.0 Å². The second kappa shape index (κ2) is 10.3. The Morgan fingerprint density at radius 3 is 2.58 bits per heavy atom. The van der Waals surface area contributed by atoms with Gasteiger partial charge in [-0.05, 0) is 54.8 Å². The summed E-state index contributed by atoms with van der Waals surface area (Å²) in [5.41, 5.74) is 3.68. The quantitative estimate of drug-likeness (QED) is 0.370. The number of piperidine rings is 1. The number of hydrogen-bond donors (Lipinski definition) is 1. The molecule has 1 aliphatic rings. The van der Waals surface area contributed by atoms with E-state index in [-0.39, 0.29) is 12.2 Å². The maximum absolute atomic E-state index is 6.59. The molecule has 0 aliphatic carbocycles. The topological polar surface area (TPSA) is 63.4 Å². The van der Waals surface area contributed by atoms with Crippen LogP contribution in [0.15, 0.2) is 77.3 Å². The average molecular weight is 463 g/mol. The Balaban J connectivity index is 1.14. The first kappa shape index (κ1) is 21.9. The van der Waals surface area contributed by atoms with Crippen molar-refractivity contribution in [2.24, 2.45) is 0 Å². The Morgan fingerprint density at radius 1 is 1.03 bits per heavy atom. The summed E-state index contributed by atoms with van der Waals surface area (Å²) in [6, 6.07) is 22.2. The first-order valence-electron chi connectivity index (χ1n) is 11.4. The zero-order valence-corrected chi connectivity index (χ0v) is 19.1. The van der Waals surface area contributed by atoms with Crippen molar-refractivity contribution in [1.29, 1.82) is 0 Å². The minimum Gasteiger partial charge on any atom is -0.424 e. The Labute approximate surface area is 198 Å². The zero-order valence-electron chi connectivity index (χ0n) is 18.4. The fourth-order valence-corrected chi connectivity index (χ4v) is 4.34. The summed E-state index contributed by atoms with van der Waals surface area (Å²) in [6.45, 7) is 3.72. The Bertz CT molecular complexity index is 1120. The molecule has 0 amide bonds. The van der Waals surface area contributed by atoms with Crippen LogP contribution in [0.1, 0.15) is 30.2 Å². The molecule has 0 radical (unpaired) electrons. The van der Waals surface area contributed by atoms with Gasteiger partial charge < -0.3 is 19.4 Å². The van der Waals surface area contributed by atoms with Crippen LogP contribution < -0.4 is 5.32 Å². The maximum atomic E-state index is 6.59. The van der Waals surface area contributed by atoms with Gasteiger partial charge in [-0.3, -0.25) is 4.98 Å². The second-order valence-electron chi connectivity index (χ2n) is 8.28. The van der Waals surface area contributed by atoms with Gasteiger partial charge in [0.25, 0.3) is 6.01 Å². The molecule has 170 valence electrons. The number of aromatic nitrogens is 2. The molecule has 3 heterocycles. The predicted molar refractivity (Wildman–Crippen MR) is 131 cm³/mol. The summed E-state index contributed by atoms with van der Waals surface area (Å²) in [5, 5.41) is 4.02. The first-order valence-corrected chi connectivity index (χ1v) is 11.8. The normalized spacial score (nSPS) is 16.2. The molecule has 0 saturated carbocycles. The van der Waals surface area contributed by atoms with E-state index < -0.39 is 0 Å². The minimum absolute atomic E-state index is 0.189. The van der Waals surface area contributed by atoms with Crippen LogP contribution in [-0.4, -0.2) is 47.2 Å². The maximum Gasteiger partial charge on any atom is 0.295 e. The largest absolute Gasteiger partial charge is 0.424 e. The number of nitrogens with one attached hydrogen (secondary N) is 1. The summed E-state index contributed by atoms with van der Waals surface area (Å²) < 4.78 is 12.3. The monoisotopic (exact) mass is 462 g/mol. The van der Waals surface area contributed by atoms with Crippen LogP contribution in [0, 0.1) is 0 Å². The Kier molecular flexibility index (Phi) is 6.86. The number of ether oxygens (including phenoxy) is 1. The lowest BCUT2D eigenvalue weighted by Crippen LogP contribution is -2.39. The van der Waals surface area contributed by atoms with Crippen molar-refractivity contribution in [2.75, 3.05) is 31.5 Å². The van der Waals surface area contributed by atoms with Crippen molar-refractivity contribution in [3.05, 3.63) is 89.2 Å². The van der Waals surface area contributed by atoms with Crippen LogP contribution in [0.3, 0.4) is 0 Å². The van der Waals surface area contributed by atoms with E-state index in [0.29, 0.717) is 6.01 Å². The Hall–Kier alpha value is -2.93. The highest BCUT2D eigenvalue weighted by Gasteiger charge is 2.25. The molecule has 1 unspecified atom stereocenters. The van der Waals surface area contributed by atoms with Gasteiger partial charge in [-0.15, -0.1) is 0 Å². The smallest absolute Gasteiger partial charge is 0.295 e. The lowest BCUT2D eigenvalue weighted by molar-refractivity contribution is -0.0279. The lowest BCUT2D eigenvalue weighted by Gasteiger charge is -2.34. The molecule has 1 aliphatic heterocycles. The van der Waals surface area contributed by atoms with Gasteiger partial charge in [-0.25, -0.2) is 0 Å². The highest BCUT2D eigenvalue weighted by molar-refractivity contribution is 6.30. The molecule has 5 rings (SSSR count). The molecule has 2 aromatic heterocycles. The molecule has 1 saturated heterocycles. The van der Waals surface area contributed by atoms with Gasteiger partial charge in [0.15, 0.2) is 5.58 Å². The van der Waals surface area contributed by atoms with Crippen molar-refractivity contribution in [3.8, 4) is 0 Å². The van der Waals surface area contributed by atoms with Crippen LogP contribution in [0.25, 0.3) is 11.1 Å². The van der Waals surface area contributed by atoms with Gasteiger partial charge in [0, 0.05) is 37.4 Å². The average Bonchev–Trinajstić information content (AvgIpc) is 3.28. The molecule has 4 aromatic rings. The van der Waals surface area contributed by atoms with Crippen LogP contribution >= 0.6 is 11.6 Å². The fraction of sp³-hybridized carbons (Fsp3) is 0.308. The van der Waals surface area contributed by atoms with Gasteiger partial charge in [0.05, 0.1) is 11.8 Å². The van der Waals surface area contributed by atoms with Crippen molar-refractivity contribution in [1.82, 2.24) is 14.9 Å². The van der Waals surface area contributed by atoms with Crippen LogP contribution in [0.4, 0.5) is 6.01 Å². The summed E-state index contributed by atoms with van der Waals surface area (Å²) in [6.07, 6.45) is 3.78. The van der Waals surface area contributed by atoms with Crippen molar-refractivity contribution >= 4 is 28.7 Å². The number of rotatable bonds is 8. The molecule has 1 atom stereocenters. The molecule has 2 aromatic carbocycles. The molecule has 1 fully saturated rings. The van der Waals surface area contributed by atoms with Gasteiger partial charge in [-0.1, -0.05) is 41.9 Å². The molecule has 7 heteroatoms. The predicted octanol–water partition coefficient (Wildman–Crippen LogP) is 5.56. The third-order valence-electron chi connectivity index (χ3n) is 5.99. The highest BCUT2D eigenvalue weighted by Crippen LogP contribution is 2.29. The summed E-state index contributed by atoms with van der Waals surface area (Å²) in [5.74, 6) is 0.